The molecule has 0 saturated carbocycles. The molecule has 146 valence electrons. The summed E-state index contributed by atoms with van der Waals surface area (Å²) in [6.07, 6.45) is 0. The van der Waals surface area contributed by atoms with Crippen LogP contribution in [0.5, 0.6) is 5.75 Å². The number of hydrogen-bond acceptors (Lipinski definition) is 5. The number of fused-ring (bicyclic) bond motifs is 1. The first kappa shape index (κ1) is 18.7. The highest BCUT2D eigenvalue weighted by Crippen LogP contribution is 2.43. The number of hydrogen-bond donors (Lipinski definition) is 2. The van der Waals surface area contributed by atoms with E-state index in [1.165, 1.54) is 0 Å². The molecular weight excluding hydrogens is 356 g/mol. The lowest BCUT2D eigenvalue weighted by molar-refractivity contribution is -0.132. The van der Waals surface area contributed by atoms with Crippen molar-refractivity contribution in [1.29, 1.82) is 0 Å². The molecular formula is C22H24N2O4. The number of ether oxygens (including phenoxy) is 2. The van der Waals surface area contributed by atoms with Gasteiger partial charge in [0, 0.05) is 25.2 Å². The van der Waals surface area contributed by atoms with Crippen LogP contribution < -0.4 is 10.5 Å². The average molecular weight is 380 g/mol. The Morgan fingerprint density at radius 3 is 2.64 bits per heavy atom. The van der Waals surface area contributed by atoms with Crippen molar-refractivity contribution in [3.63, 3.8) is 0 Å². The van der Waals surface area contributed by atoms with Crippen molar-refractivity contribution in [2.45, 2.75) is 6.04 Å². The normalized spacial score (nSPS) is 19.5. The molecule has 0 amide bonds. The summed E-state index contributed by atoms with van der Waals surface area (Å²) in [7, 11) is 0. The van der Waals surface area contributed by atoms with Crippen molar-refractivity contribution < 1.29 is 19.4 Å². The summed E-state index contributed by atoms with van der Waals surface area (Å²) < 4.78 is 11.3. The third-order valence-electron chi connectivity index (χ3n) is 5.28. The summed E-state index contributed by atoms with van der Waals surface area (Å²) in [5, 5.41) is 9.76. The highest BCUT2D eigenvalue weighted by molar-refractivity contribution is 6.05. The second kappa shape index (κ2) is 8.14. The second-order valence-electron chi connectivity index (χ2n) is 6.99. The van der Waals surface area contributed by atoms with Gasteiger partial charge in [-0.25, -0.2) is 4.79 Å². The largest absolute Gasteiger partial charge is 0.492 e. The van der Waals surface area contributed by atoms with E-state index in [9.17, 15) is 9.90 Å². The van der Waals surface area contributed by atoms with Gasteiger partial charge in [0.2, 0.25) is 0 Å². The summed E-state index contributed by atoms with van der Waals surface area (Å²) in [6, 6.07) is 14.5. The predicted octanol–water partition coefficient (Wildman–Crippen LogP) is 2.30. The van der Waals surface area contributed by atoms with Crippen molar-refractivity contribution in [2.75, 3.05) is 39.5 Å². The number of carboxylic acids is 1. The number of carbonyl (C=O) groups is 1. The molecule has 1 saturated heterocycles. The Labute approximate surface area is 164 Å². The second-order valence-corrected chi connectivity index (χ2v) is 6.99. The minimum absolute atomic E-state index is 0.228. The highest BCUT2D eigenvalue weighted by atomic mass is 16.5. The van der Waals surface area contributed by atoms with Crippen LogP contribution in [0, 0.1) is 0 Å². The zero-order valence-electron chi connectivity index (χ0n) is 15.6. The van der Waals surface area contributed by atoms with Crippen LogP contribution in [0.15, 0.2) is 54.1 Å². The summed E-state index contributed by atoms with van der Waals surface area (Å²) in [5.74, 6) is -0.279. The molecule has 1 aliphatic carbocycles. The summed E-state index contributed by atoms with van der Waals surface area (Å²) in [4.78, 5) is 14.2. The average Bonchev–Trinajstić information content (AvgIpc) is 3.02. The number of carboxylic acid groups (broad SMARTS) is 1. The van der Waals surface area contributed by atoms with Gasteiger partial charge in [-0.05, 0) is 28.8 Å². The lowest BCUT2D eigenvalue weighted by Gasteiger charge is -2.26. The lowest BCUT2D eigenvalue weighted by Crippen LogP contribution is -2.38. The molecule has 0 bridgehead atoms. The molecule has 1 fully saturated rings. The fraction of sp³-hybridized carbons (Fsp3) is 0.318. The van der Waals surface area contributed by atoms with Gasteiger partial charge in [-0.3, -0.25) is 4.90 Å². The third-order valence-corrected chi connectivity index (χ3v) is 5.28. The zero-order chi connectivity index (χ0) is 19.5. The molecule has 0 radical (unpaired) electrons. The number of aliphatic carboxylic acids is 1. The smallest absolute Gasteiger partial charge is 0.334 e. The third kappa shape index (κ3) is 3.67. The van der Waals surface area contributed by atoms with Gasteiger partial charge in [-0.1, -0.05) is 36.4 Å². The van der Waals surface area contributed by atoms with E-state index >= 15 is 0 Å². The Bertz CT molecular complexity index is 889. The van der Waals surface area contributed by atoms with Crippen LogP contribution >= 0.6 is 0 Å². The Hall–Kier alpha value is -2.67. The van der Waals surface area contributed by atoms with Gasteiger partial charge in [0.15, 0.2) is 0 Å². The lowest BCUT2D eigenvalue weighted by atomic mass is 9.97. The van der Waals surface area contributed by atoms with Gasteiger partial charge >= 0.3 is 5.97 Å². The Kier molecular flexibility index (Phi) is 5.43. The maximum Gasteiger partial charge on any atom is 0.334 e. The fourth-order valence-corrected chi connectivity index (χ4v) is 3.84. The van der Waals surface area contributed by atoms with Crippen LogP contribution in [0.25, 0.3) is 5.57 Å². The molecule has 2 aromatic carbocycles. The van der Waals surface area contributed by atoms with Crippen molar-refractivity contribution in [2.24, 2.45) is 5.73 Å². The van der Waals surface area contributed by atoms with Gasteiger partial charge in [0.25, 0.3) is 0 Å². The van der Waals surface area contributed by atoms with E-state index in [1.54, 1.807) is 0 Å². The molecule has 6 nitrogen and oxygen atoms in total. The van der Waals surface area contributed by atoms with E-state index in [-0.39, 0.29) is 5.57 Å². The van der Waals surface area contributed by atoms with Crippen molar-refractivity contribution in [3.05, 3.63) is 70.8 Å². The maximum absolute atomic E-state index is 11.9. The van der Waals surface area contributed by atoms with Gasteiger partial charge in [-0.2, -0.15) is 0 Å². The minimum Gasteiger partial charge on any atom is -0.492 e. The van der Waals surface area contributed by atoms with Gasteiger partial charge < -0.3 is 20.3 Å². The number of nitrogens with zero attached hydrogens (tertiary/aromatic N) is 1. The first-order valence-electron chi connectivity index (χ1n) is 9.51. The van der Waals surface area contributed by atoms with Crippen LogP contribution in [0.1, 0.15) is 22.7 Å². The van der Waals surface area contributed by atoms with Crippen molar-refractivity contribution >= 4 is 11.5 Å². The number of morpholine rings is 1. The minimum atomic E-state index is -0.989. The SMILES string of the molecule is NC1C(C(=O)O)=C(c2ccccc2)c2ccc(OCCN3CCOCC3)cc21. The van der Waals surface area contributed by atoms with Crippen molar-refractivity contribution in [1.82, 2.24) is 4.90 Å². The summed E-state index contributed by atoms with van der Waals surface area (Å²) in [6.45, 7) is 4.77. The molecule has 6 heteroatoms. The van der Waals surface area contributed by atoms with E-state index in [1.807, 2.05) is 48.5 Å². The Morgan fingerprint density at radius 2 is 1.93 bits per heavy atom. The molecule has 1 heterocycles. The molecule has 1 aliphatic heterocycles. The molecule has 28 heavy (non-hydrogen) atoms. The number of rotatable bonds is 6. The molecule has 2 aromatic rings. The van der Waals surface area contributed by atoms with E-state index in [0.29, 0.717) is 17.9 Å². The molecule has 4 rings (SSSR count). The maximum atomic E-state index is 11.9. The quantitative estimate of drug-likeness (QED) is 0.800. The number of nitrogens with two attached hydrogens (primary N) is 1. The molecule has 1 unspecified atom stereocenters. The first-order valence-corrected chi connectivity index (χ1v) is 9.51. The monoisotopic (exact) mass is 380 g/mol. The molecule has 0 spiro atoms. The number of benzene rings is 2. The van der Waals surface area contributed by atoms with Crippen LogP contribution in [-0.2, 0) is 9.53 Å². The van der Waals surface area contributed by atoms with Gasteiger partial charge in [0.1, 0.15) is 12.4 Å². The topological polar surface area (TPSA) is 85.0 Å². The summed E-state index contributed by atoms with van der Waals surface area (Å²) in [5.41, 5.74) is 9.74. The van der Waals surface area contributed by atoms with Crippen LogP contribution in [0.2, 0.25) is 0 Å². The molecule has 0 aromatic heterocycles. The molecule has 3 N–H and O–H groups in total. The van der Waals surface area contributed by atoms with Crippen molar-refractivity contribution in [3.8, 4) is 5.75 Å². The Balaban J connectivity index is 1.55. The summed E-state index contributed by atoms with van der Waals surface area (Å²) >= 11 is 0. The zero-order valence-corrected chi connectivity index (χ0v) is 15.6. The van der Waals surface area contributed by atoms with Gasteiger partial charge in [0.05, 0.1) is 24.8 Å². The molecule has 1 atom stereocenters. The van der Waals surface area contributed by atoms with Crippen LogP contribution in [0.4, 0.5) is 0 Å². The Morgan fingerprint density at radius 1 is 1.18 bits per heavy atom. The fourth-order valence-electron chi connectivity index (χ4n) is 3.84. The van der Waals surface area contributed by atoms with Crippen LogP contribution in [-0.4, -0.2) is 55.4 Å². The van der Waals surface area contributed by atoms with Crippen LogP contribution in [0.3, 0.4) is 0 Å². The van der Waals surface area contributed by atoms with E-state index in [2.05, 4.69) is 4.90 Å². The van der Waals surface area contributed by atoms with E-state index in [4.69, 9.17) is 15.2 Å². The van der Waals surface area contributed by atoms with Gasteiger partial charge in [-0.15, -0.1) is 0 Å². The highest BCUT2D eigenvalue weighted by Gasteiger charge is 2.34. The standard InChI is InChI=1S/C22H24N2O4/c23-21-18-14-16(28-13-10-24-8-11-27-12-9-24)6-7-17(18)19(20(21)22(25)26)15-4-2-1-3-5-15/h1-7,14,21H,8-13,23H2,(H,25,26). The first-order chi connectivity index (χ1) is 13.6. The molecule has 2 aliphatic rings. The van der Waals surface area contributed by atoms with E-state index < -0.39 is 12.0 Å². The predicted molar refractivity (Wildman–Crippen MR) is 106 cm³/mol. The van der Waals surface area contributed by atoms with E-state index in [0.717, 1.165) is 49.5 Å².